The normalized spacial score (nSPS) is 16.9. The van der Waals surface area contributed by atoms with Gasteiger partial charge in [0, 0.05) is 31.7 Å². The highest BCUT2D eigenvalue weighted by molar-refractivity contribution is 5.91. The maximum absolute atomic E-state index is 11.7. The summed E-state index contributed by atoms with van der Waals surface area (Å²) in [4.78, 5) is 13.7. The molecule has 6 nitrogen and oxygen atoms in total. The van der Waals surface area contributed by atoms with E-state index in [0.717, 1.165) is 18.8 Å². The van der Waals surface area contributed by atoms with Crippen LogP contribution in [-0.4, -0.2) is 47.3 Å². The molecule has 0 saturated carbocycles. The Labute approximate surface area is 106 Å². The van der Waals surface area contributed by atoms with E-state index in [-0.39, 0.29) is 18.4 Å². The molecule has 0 unspecified atom stereocenters. The third-order valence-electron chi connectivity index (χ3n) is 3.04. The highest BCUT2D eigenvalue weighted by atomic mass is 16.5. The van der Waals surface area contributed by atoms with Crippen LogP contribution in [0.1, 0.15) is 25.5 Å². The first-order chi connectivity index (χ1) is 8.58. The lowest BCUT2D eigenvalue weighted by molar-refractivity contribution is -0.119. The van der Waals surface area contributed by atoms with Gasteiger partial charge in [0.15, 0.2) is 0 Å². The SMILES string of the molecule is CC(C)c1cc(NC(=O)CN2CC(CO)C2)on1. The van der Waals surface area contributed by atoms with Crippen LogP contribution in [0.5, 0.6) is 0 Å². The summed E-state index contributed by atoms with van der Waals surface area (Å²) in [6.45, 7) is 6.10. The van der Waals surface area contributed by atoms with Gasteiger partial charge in [-0.1, -0.05) is 19.0 Å². The molecule has 6 heteroatoms. The number of nitrogens with zero attached hydrogens (tertiary/aromatic N) is 2. The van der Waals surface area contributed by atoms with E-state index in [1.54, 1.807) is 6.07 Å². The van der Waals surface area contributed by atoms with Crippen molar-refractivity contribution in [3.8, 4) is 0 Å². The lowest BCUT2D eigenvalue weighted by Crippen LogP contribution is -2.51. The summed E-state index contributed by atoms with van der Waals surface area (Å²) in [7, 11) is 0. The summed E-state index contributed by atoms with van der Waals surface area (Å²) >= 11 is 0. The van der Waals surface area contributed by atoms with Crippen LogP contribution in [0.25, 0.3) is 0 Å². The molecule has 0 atom stereocenters. The third-order valence-corrected chi connectivity index (χ3v) is 3.04. The average molecular weight is 253 g/mol. The predicted molar refractivity (Wildman–Crippen MR) is 66.2 cm³/mol. The van der Waals surface area contributed by atoms with Gasteiger partial charge in [0.05, 0.1) is 12.2 Å². The molecule has 1 aliphatic rings. The lowest BCUT2D eigenvalue weighted by atomic mass is 10.0. The van der Waals surface area contributed by atoms with Crippen LogP contribution in [0.4, 0.5) is 5.88 Å². The zero-order valence-corrected chi connectivity index (χ0v) is 10.7. The molecule has 18 heavy (non-hydrogen) atoms. The summed E-state index contributed by atoms with van der Waals surface area (Å²) < 4.78 is 5.03. The van der Waals surface area contributed by atoms with Crippen molar-refractivity contribution in [2.75, 3.05) is 31.6 Å². The first kappa shape index (κ1) is 13.0. The number of amides is 1. The number of aliphatic hydroxyl groups is 1. The number of aromatic nitrogens is 1. The van der Waals surface area contributed by atoms with Crippen molar-refractivity contribution < 1.29 is 14.4 Å². The lowest BCUT2D eigenvalue weighted by Gasteiger charge is -2.37. The first-order valence-electron chi connectivity index (χ1n) is 6.18. The molecular weight excluding hydrogens is 234 g/mol. The number of hydrogen-bond acceptors (Lipinski definition) is 5. The van der Waals surface area contributed by atoms with Crippen molar-refractivity contribution in [2.45, 2.75) is 19.8 Å². The Bertz CT molecular complexity index is 410. The van der Waals surface area contributed by atoms with Crippen LogP contribution in [0.3, 0.4) is 0 Å². The Hall–Kier alpha value is -1.40. The van der Waals surface area contributed by atoms with Crippen LogP contribution >= 0.6 is 0 Å². The van der Waals surface area contributed by atoms with Gasteiger partial charge in [-0.2, -0.15) is 0 Å². The van der Waals surface area contributed by atoms with Gasteiger partial charge < -0.3 is 9.63 Å². The smallest absolute Gasteiger partial charge is 0.240 e. The summed E-state index contributed by atoms with van der Waals surface area (Å²) in [5.74, 6) is 0.872. The maximum Gasteiger partial charge on any atom is 0.240 e. The minimum atomic E-state index is -0.113. The molecule has 1 fully saturated rings. The minimum absolute atomic E-state index is 0.113. The molecule has 2 N–H and O–H groups in total. The third kappa shape index (κ3) is 3.08. The van der Waals surface area contributed by atoms with E-state index in [4.69, 9.17) is 9.63 Å². The van der Waals surface area contributed by atoms with E-state index in [0.29, 0.717) is 18.3 Å². The molecule has 0 aromatic carbocycles. The average Bonchev–Trinajstić information content (AvgIpc) is 2.71. The van der Waals surface area contributed by atoms with Crippen molar-refractivity contribution in [3.05, 3.63) is 11.8 Å². The van der Waals surface area contributed by atoms with Gasteiger partial charge in [-0.3, -0.25) is 15.0 Å². The van der Waals surface area contributed by atoms with Gasteiger partial charge in [0.1, 0.15) is 0 Å². The number of likely N-dealkylation sites (tertiary alicyclic amines) is 1. The standard InChI is InChI=1S/C12H19N3O3/c1-8(2)10-3-12(18-14-10)13-11(17)6-15-4-9(5-15)7-16/h3,8-9,16H,4-7H2,1-2H3,(H,13,17). The maximum atomic E-state index is 11.7. The zero-order chi connectivity index (χ0) is 13.1. The summed E-state index contributed by atoms with van der Waals surface area (Å²) in [6, 6.07) is 1.75. The molecule has 1 aliphatic heterocycles. The monoisotopic (exact) mass is 253 g/mol. The Morgan fingerprint density at radius 3 is 2.94 bits per heavy atom. The molecular formula is C12H19N3O3. The van der Waals surface area contributed by atoms with Crippen LogP contribution in [0, 0.1) is 5.92 Å². The Balaban J connectivity index is 1.77. The molecule has 0 bridgehead atoms. The van der Waals surface area contributed by atoms with Gasteiger partial charge in [0.25, 0.3) is 0 Å². The van der Waals surface area contributed by atoms with Crippen LogP contribution in [-0.2, 0) is 4.79 Å². The van der Waals surface area contributed by atoms with E-state index in [2.05, 4.69) is 10.5 Å². The number of hydrogen-bond donors (Lipinski definition) is 2. The molecule has 100 valence electrons. The van der Waals surface area contributed by atoms with Gasteiger partial charge in [-0.25, -0.2) is 0 Å². The van der Waals surface area contributed by atoms with Gasteiger partial charge in [-0.05, 0) is 5.92 Å². The molecule has 0 aliphatic carbocycles. The second-order valence-corrected chi connectivity index (χ2v) is 5.06. The fourth-order valence-electron chi connectivity index (χ4n) is 1.92. The van der Waals surface area contributed by atoms with Crippen LogP contribution in [0.2, 0.25) is 0 Å². The van der Waals surface area contributed by atoms with Crippen LogP contribution in [0.15, 0.2) is 10.6 Å². The summed E-state index contributed by atoms with van der Waals surface area (Å²) in [6.07, 6.45) is 0. The second kappa shape index (κ2) is 5.49. The topological polar surface area (TPSA) is 78.6 Å². The second-order valence-electron chi connectivity index (χ2n) is 5.06. The molecule has 0 radical (unpaired) electrons. The number of carbonyl (C=O) groups excluding carboxylic acids is 1. The van der Waals surface area contributed by atoms with E-state index in [1.165, 1.54) is 0 Å². The largest absolute Gasteiger partial charge is 0.396 e. The summed E-state index contributed by atoms with van der Waals surface area (Å²) in [5.41, 5.74) is 0.828. The van der Waals surface area contributed by atoms with Crippen molar-refractivity contribution >= 4 is 11.8 Å². The van der Waals surface area contributed by atoms with Crippen molar-refractivity contribution in [1.82, 2.24) is 10.1 Å². The molecule has 1 aromatic heterocycles. The quantitative estimate of drug-likeness (QED) is 0.806. The molecule has 1 saturated heterocycles. The molecule has 2 heterocycles. The van der Waals surface area contributed by atoms with Crippen molar-refractivity contribution in [3.63, 3.8) is 0 Å². The van der Waals surface area contributed by atoms with Gasteiger partial charge in [-0.15, -0.1) is 0 Å². The fourth-order valence-corrected chi connectivity index (χ4v) is 1.92. The molecule has 1 aromatic rings. The molecule has 1 amide bonds. The van der Waals surface area contributed by atoms with Gasteiger partial charge >= 0.3 is 0 Å². The highest BCUT2D eigenvalue weighted by Gasteiger charge is 2.27. The van der Waals surface area contributed by atoms with E-state index in [9.17, 15) is 4.79 Å². The van der Waals surface area contributed by atoms with Gasteiger partial charge in [0.2, 0.25) is 11.8 Å². The van der Waals surface area contributed by atoms with Crippen LogP contribution < -0.4 is 5.32 Å². The Morgan fingerprint density at radius 2 is 2.39 bits per heavy atom. The van der Waals surface area contributed by atoms with E-state index in [1.807, 2.05) is 18.7 Å². The minimum Gasteiger partial charge on any atom is -0.396 e. The van der Waals surface area contributed by atoms with E-state index >= 15 is 0 Å². The number of aliphatic hydroxyl groups excluding tert-OH is 1. The first-order valence-corrected chi connectivity index (χ1v) is 6.18. The number of anilines is 1. The number of carbonyl (C=O) groups is 1. The number of rotatable bonds is 5. The number of nitrogens with one attached hydrogen (secondary N) is 1. The Morgan fingerprint density at radius 1 is 1.67 bits per heavy atom. The Kier molecular flexibility index (Phi) is 3.98. The summed E-state index contributed by atoms with van der Waals surface area (Å²) in [5, 5.41) is 15.4. The highest BCUT2D eigenvalue weighted by Crippen LogP contribution is 2.18. The zero-order valence-electron chi connectivity index (χ0n) is 10.7. The molecule has 2 rings (SSSR count). The van der Waals surface area contributed by atoms with Crippen molar-refractivity contribution in [2.24, 2.45) is 5.92 Å². The molecule has 0 spiro atoms. The predicted octanol–water partition coefficient (Wildman–Crippen LogP) is 0.661. The van der Waals surface area contributed by atoms with E-state index < -0.39 is 0 Å². The van der Waals surface area contributed by atoms with Crippen molar-refractivity contribution in [1.29, 1.82) is 0 Å². The fraction of sp³-hybridized carbons (Fsp3) is 0.667.